The van der Waals surface area contributed by atoms with E-state index in [2.05, 4.69) is 15.0 Å². The lowest BCUT2D eigenvalue weighted by Crippen LogP contribution is -2.22. The highest BCUT2D eigenvalue weighted by molar-refractivity contribution is 5.40. The maximum absolute atomic E-state index is 14.1. The third-order valence-electron chi connectivity index (χ3n) is 2.88. The Bertz CT molecular complexity index is 584. The van der Waals surface area contributed by atoms with Gasteiger partial charge in [0, 0.05) is 19.4 Å². The van der Waals surface area contributed by atoms with Crippen molar-refractivity contribution >= 4 is 5.82 Å². The van der Waals surface area contributed by atoms with Gasteiger partial charge in [-0.3, -0.25) is 4.57 Å². The van der Waals surface area contributed by atoms with Crippen molar-refractivity contribution in [2.75, 3.05) is 11.9 Å². The van der Waals surface area contributed by atoms with Gasteiger partial charge in [-0.15, -0.1) is 0 Å². The van der Waals surface area contributed by atoms with E-state index in [1.807, 2.05) is 0 Å². The average molecular weight is 285 g/mol. The van der Waals surface area contributed by atoms with E-state index in [4.69, 9.17) is 0 Å². The van der Waals surface area contributed by atoms with Crippen molar-refractivity contribution < 1.29 is 13.2 Å². The van der Waals surface area contributed by atoms with Crippen LogP contribution >= 0.6 is 0 Å². The quantitative estimate of drug-likeness (QED) is 0.846. The second-order valence-corrected chi connectivity index (χ2v) is 4.20. The highest BCUT2D eigenvalue weighted by Gasteiger charge is 2.17. The van der Waals surface area contributed by atoms with Crippen LogP contribution < -0.4 is 4.90 Å². The molecule has 0 aromatic carbocycles. The highest BCUT2D eigenvalue weighted by atomic mass is 19.3. The van der Waals surface area contributed by atoms with Crippen LogP contribution in [0.3, 0.4) is 0 Å². The molecule has 0 spiro atoms. The van der Waals surface area contributed by atoms with Gasteiger partial charge in [-0.1, -0.05) is 6.92 Å². The summed E-state index contributed by atoms with van der Waals surface area (Å²) in [4.78, 5) is 13.0. The Morgan fingerprint density at radius 3 is 2.70 bits per heavy atom. The molecule has 0 bridgehead atoms. The van der Waals surface area contributed by atoms with Crippen molar-refractivity contribution in [3.63, 3.8) is 0 Å². The summed E-state index contributed by atoms with van der Waals surface area (Å²) in [5.41, 5.74) is 0.291. The Balaban J connectivity index is 2.24. The molecule has 0 fully saturated rings. The highest BCUT2D eigenvalue weighted by Crippen LogP contribution is 2.20. The first-order chi connectivity index (χ1) is 9.54. The third kappa shape index (κ3) is 2.73. The number of halogens is 3. The van der Waals surface area contributed by atoms with Crippen LogP contribution in [0.2, 0.25) is 0 Å². The Morgan fingerprint density at radius 1 is 1.30 bits per heavy atom. The van der Waals surface area contributed by atoms with Crippen molar-refractivity contribution in [3.05, 3.63) is 36.1 Å². The molecular weight excluding hydrogens is 271 g/mol. The number of nitrogens with zero attached hydrogens (tertiary/aromatic N) is 5. The van der Waals surface area contributed by atoms with Crippen molar-refractivity contribution in [2.24, 2.45) is 0 Å². The van der Waals surface area contributed by atoms with Crippen LogP contribution in [-0.2, 0) is 13.0 Å². The number of hydrogen-bond acceptors (Lipinski definition) is 4. The molecule has 2 aromatic heterocycles. The number of imidazole rings is 1. The van der Waals surface area contributed by atoms with Crippen LogP contribution in [0.25, 0.3) is 0 Å². The fourth-order valence-electron chi connectivity index (χ4n) is 1.84. The van der Waals surface area contributed by atoms with E-state index in [0.717, 1.165) is 4.57 Å². The van der Waals surface area contributed by atoms with Crippen LogP contribution in [-0.4, -0.2) is 26.6 Å². The smallest absolute Gasteiger partial charge is 0.319 e. The van der Waals surface area contributed by atoms with E-state index in [9.17, 15) is 13.2 Å². The molecule has 0 unspecified atom stereocenters. The molecule has 108 valence electrons. The van der Waals surface area contributed by atoms with Gasteiger partial charge in [0.25, 0.3) is 0 Å². The second kappa shape index (κ2) is 5.89. The summed E-state index contributed by atoms with van der Waals surface area (Å²) in [5, 5.41) is 0. The number of hydrogen-bond donors (Lipinski definition) is 0. The zero-order chi connectivity index (χ0) is 14.7. The lowest BCUT2D eigenvalue weighted by molar-refractivity contribution is 0.0670. The second-order valence-electron chi connectivity index (χ2n) is 4.20. The number of aromatic nitrogens is 4. The first-order valence-corrected chi connectivity index (χ1v) is 6.05. The molecule has 2 aromatic rings. The Kier molecular flexibility index (Phi) is 4.21. The Hall–Kier alpha value is -2.12. The van der Waals surface area contributed by atoms with Crippen molar-refractivity contribution in [1.82, 2.24) is 19.5 Å². The molecule has 0 amide bonds. The van der Waals surface area contributed by atoms with E-state index in [1.165, 1.54) is 23.6 Å². The minimum Gasteiger partial charge on any atom is -0.350 e. The first kappa shape index (κ1) is 14.3. The minimum atomic E-state index is -2.68. The fraction of sp³-hybridized carbons (Fsp3) is 0.417. The molecule has 2 heterocycles. The van der Waals surface area contributed by atoms with Crippen molar-refractivity contribution in [2.45, 2.75) is 26.4 Å². The van der Waals surface area contributed by atoms with Gasteiger partial charge in [-0.05, 0) is 6.42 Å². The van der Waals surface area contributed by atoms with E-state index in [0.29, 0.717) is 12.1 Å². The first-order valence-electron chi connectivity index (χ1n) is 6.05. The molecular formula is C12H14F3N5. The van der Waals surface area contributed by atoms with Crippen LogP contribution in [0.4, 0.5) is 19.0 Å². The molecule has 0 atom stereocenters. The summed E-state index contributed by atoms with van der Waals surface area (Å²) < 4.78 is 40.2. The SMILES string of the molecule is CCc1ncnc(N(C)Cc2nccn2C(F)F)c1F. The molecule has 2 rings (SSSR count). The van der Waals surface area contributed by atoms with Crippen molar-refractivity contribution in [3.8, 4) is 0 Å². The van der Waals surface area contributed by atoms with Gasteiger partial charge in [0.2, 0.25) is 0 Å². The maximum Gasteiger partial charge on any atom is 0.319 e. The topological polar surface area (TPSA) is 46.8 Å². The van der Waals surface area contributed by atoms with E-state index in [-0.39, 0.29) is 18.2 Å². The predicted molar refractivity (Wildman–Crippen MR) is 67.0 cm³/mol. The van der Waals surface area contributed by atoms with E-state index in [1.54, 1.807) is 14.0 Å². The summed E-state index contributed by atoms with van der Waals surface area (Å²) in [6.07, 6.45) is 4.15. The van der Waals surface area contributed by atoms with Gasteiger partial charge in [0.1, 0.15) is 12.2 Å². The molecule has 0 aliphatic heterocycles. The van der Waals surface area contributed by atoms with Gasteiger partial charge < -0.3 is 4.90 Å². The van der Waals surface area contributed by atoms with Gasteiger partial charge in [0.05, 0.1) is 12.2 Å². The third-order valence-corrected chi connectivity index (χ3v) is 2.88. The zero-order valence-corrected chi connectivity index (χ0v) is 11.1. The molecule has 0 aliphatic carbocycles. The number of rotatable bonds is 5. The number of aryl methyl sites for hydroxylation is 1. The van der Waals surface area contributed by atoms with E-state index < -0.39 is 12.4 Å². The van der Waals surface area contributed by atoms with Gasteiger partial charge >= 0.3 is 6.55 Å². The predicted octanol–water partition coefficient (Wildman–Crippen LogP) is 2.41. The molecule has 0 radical (unpaired) electrons. The van der Waals surface area contributed by atoms with E-state index >= 15 is 0 Å². The zero-order valence-electron chi connectivity index (χ0n) is 11.1. The summed E-state index contributed by atoms with van der Waals surface area (Å²) in [7, 11) is 1.56. The number of alkyl halides is 2. The summed E-state index contributed by atoms with van der Waals surface area (Å²) in [6, 6.07) is 0. The van der Waals surface area contributed by atoms with Crippen LogP contribution in [0.1, 0.15) is 25.0 Å². The van der Waals surface area contributed by atoms with Gasteiger partial charge in [0.15, 0.2) is 11.6 Å². The molecule has 0 saturated heterocycles. The molecule has 0 saturated carbocycles. The van der Waals surface area contributed by atoms with Crippen LogP contribution in [0.5, 0.6) is 0 Å². The molecule has 0 N–H and O–H groups in total. The normalized spacial score (nSPS) is 11.1. The van der Waals surface area contributed by atoms with Crippen molar-refractivity contribution in [1.29, 1.82) is 0 Å². The molecule has 0 aliphatic rings. The van der Waals surface area contributed by atoms with Crippen LogP contribution in [0, 0.1) is 5.82 Å². The maximum atomic E-state index is 14.1. The van der Waals surface area contributed by atoms with Gasteiger partial charge in [-0.25, -0.2) is 19.3 Å². The largest absolute Gasteiger partial charge is 0.350 e. The molecule has 5 nitrogen and oxygen atoms in total. The summed E-state index contributed by atoms with van der Waals surface area (Å²) >= 11 is 0. The molecule has 8 heteroatoms. The summed E-state index contributed by atoms with van der Waals surface area (Å²) in [6.45, 7) is -0.880. The van der Waals surface area contributed by atoms with Gasteiger partial charge in [-0.2, -0.15) is 8.78 Å². The summed E-state index contributed by atoms with van der Waals surface area (Å²) in [5.74, 6) is -0.327. The monoisotopic (exact) mass is 285 g/mol. The Morgan fingerprint density at radius 2 is 2.05 bits per heavy atom. The fourth-order valence-corrected chi connectivity index (χ4v) is 1.84. The lowest BCUT2D eigenvalue weighted by atomic mass is 10.3. The standard InChI is InChI=1S/C12H14F3N5/c1-3-8-10(13)11(18-7-17-8)19(2)6-9-16-4-5-20(9)12(14)15/h4-5,7,12H,3,6H2,1-2H3. The lowest BCUT2D eigenvalue weighted by Gasteiger charge is -2.19. The average Bonchev–Trinajstić information content (AvgIpc) is 2.87. The molecule has 20 heavy (non-hydrogen) atoms. The number of anilines is 1. The van der Waals surface area contributed by atoms with Crippen LogP contribution in [0.15, 0.2) is 18.7 Å². The Labute approximate surface area is 114 Å². The minimum absolute atomic E-state index is 0.0222.